The Labute approximate surface area is 161 Å². The first-order valence-electron chi connectivity index (χ1n) is 8.43. The summed E-state index contributed by atoms with van der Waals surface area (Å²) in [6, 6.07) is 0.168. The fourth-order valence-electron chi connectivity index (χ4n) is 2.70. The Morgan fingerprint density at radius 3 is 2.52 bits per heavy atom. The zero-order valence-electron chi connectivity index (χ0n) is 15.6. The minimum atomic E-state index is -4.63. The third kappa shape index (κ3) is 5.77. The Hall–Kier alpha value is -1.94. The van der Waals surface area contributed by atoms with E-state index in [9.17, 15) is 18.0 Å². The number of nitrogens with one attached hydrogen (secondary N) is 2. The van der Waals surface area contributed by atoms with Gasteiger partial charge in [0.25, 0.3) is 11.6 Å². The molecule has 0 saturated carbocycles. The number of hydrogen-bond donors (Lipinski definition) is 2. The first-order valence-corrected chi connectivity index (χ1v) is 8.43. The molecule has 0 aliphatic carbocycles. The number of aromatic nitrogens is 4. The first kappa shape index (κ1) is 23.1. The molecule has 0 aliphatic heterocycles. The number of fused-ring (bicyclic) bond motifs is 1. The van der Waals surface area contributed by atoms with E-state index in [0.717, 1.165) is 11.1 Å². The molecule has 2 rings (SSSR count). The molecule has 0 spiro atoms. The molecular weight excluding hydrogens is 385 g/mol. The van der Waals surface area contributed by atoms with Crippen molar-refractivity contribution in [3.63, 3.8) is 0 Å². The van der Waals surface area contributed by atoms with Crippen LogP contribution >= 0.6 is 12.4 Å². The van der Waals surface area contributed by atoms with Crippen LogP contribution < -0.4 is 10.6 Å². The van der Waals surface area contributed by atoms with Crippen LogP contribution in [0.4, 0.5) is 13.2 Å². The van der Waals surface area contributed by atoms with Crippen molar-refractivity contribution >= 4 is 24.1 Å². The lowest BCUT2D eigenvalue weighted by atomic mass is 10.1. The second kappa shape index (κ2) is 9.32. The summed E-state index contributed by atoms with van der Waals surface area (Å²) in [4.78, 5) is 19.5. The van der Waals surface area contributed by atoms with E-state index in [-0.39, 0.29) is 36.6 Å². The second-order valence-corrected chi connectivity index (χ2v) is 6.17. The molecule has 0 unspecified atom stereocenters. The molecule has 152 valence electrons. The van der Waals surface area contributed by atoms with E-state index in [0.29, 0.717) is 29.9 Å². The molecular formula is C16H24ClF3N6O. The maximum absolute atomic E-state index is 12.8. The Balaban J connectivity index is 0.00000364. The lowest BCUT2D eigenvalue weighted by molar-refractivity contribution is -0.144. The van der Waals surface area contributed by atoms with Gasteiger partial charge in [-0.2, -0.15) is 18.2 Å². The van der Waals surface area contributed by atoms with Crippen molar-refractivity contribution in [3.8, 4) is 0 Å². The SMILES string of the molecule is CCN[C@H](C)CNC(=O)CCc1c(C)nc2nc(C(F)(F)F)nn2c1C.Cl. The summed E-state index contributed by atoms with van der Waals surface area (Å²) in [6.45, 7) is 8.63. The van der Waals surface area contributed by atoms with Gasteiger partial charge in [0, 0.05) is 30.4 Å². The Morgan fingerprint density at radius 1 is 1.26 bits per heavy atom. The molecule has 0 bridgehead atoms. The van der Waals surface area contributed by atoms with E-state index in [4.69, 9.17) is 0 Å². The molecule has 2 N–H and O–H groups in total. The van der Waals surface area contributed by atoms with Crippen LogP contribution in [0.15, 0.2) is 0 Å². The fourth-order valence-corrected chi connectivity index (χ4v) is 2.70. The summed E-state index contributed by atoms with van der Waals surface area (Å²) in [5, 5.41) is 9.53. The summed E-state index contributed by atoms with van der Waals surface area (Å²) in [5.41, 5.74) is 1.75. The van der Waals surface area contributed by atoms with Crippen LogP contribution in [0.1, 0.15) is 43.0 Å². The topological polar surface area (TPSA) is 84.2 Å². The number of carbonyl (C=O) groups is 1. The van der Waals surface area contributed by atoms with Crippen LogP contribution in [0, 0.1) is 13.8 Å². The summed E-state index contributed by atoms with van der Waals surface area (Å²) in [6.07, 6.45) is -4.05. The predicted molar refractivity (Wildman–Crippen MR) is 97.0 cm³/mol. The molecule has 27 heavy (non-hydrogen) atoms. The van der Waals surface area contributed by atoms with Crippen LogP contribution in [0.5, 0.6) is 0 Å². The molecule has 1 amide bonds. The summed E-state index contributed by atoms with van der Waals surface area (Å²) in [7, 11) is 0. The normalized spacial score (nSPS) is 12.7. The van der Waals surface area contributed by atoms with Crippen LogP contribution in [0.2, 0.25) is 0 Å². The van der Waals surface area contributed by atoms with Crippen LogP contribution in [0.3, 0.4) is 0 Å². The monoisotopic (exact) mass is 408 g/mol. The quantitative estimate of drug-likeness (QED) is 0.734. The van der Waals surface area contributed by atoms with Gasteiger partial charge >= 0.3 is 6.18 Å². The van der Waals surface area contributed by atoms with E-state index < -0.39 is 12.0 Å². The van der Waals surface area contributed by atoms with Crippen molar-refractivity contribution in [1.82, 2.24) is 30.2 Å². The maximum Gasteiger partial charge on any atom is 0.453 e. The highest BCUT2D eigenvalue weighted by Gasteiger charge is 2.36. The molecule has 2 heterocycles. The fraction of sp³-hybridized carbons (Fsp3) is 0.625. The maximum atomic E-state index is 12.8. The van der Waals surface area contributed by atoms with Crippen molar-refractivity contribution in [2.24, 2.45) is 0 Å². The number of carbonyl (C=O) groups excluding carboxylic acids is 1. The van der Waals surface area contributed by atoms with Gasteiger partial charge in [0.2, 0.25) is 5.91 Å². The van der Waals surface area contributed by atoms with Gasteiger partial charge in [-0.25, -0.2) is 9.50 Å². The van der Waals surface area contributed by atoms with Crippen LogP contribution in [-0.2, 0) is 17.4 Å². The number of alkyl halides is 3. The average molecular weight is 409 g/mol. The van der Waals surface area contributed by atoms with Gasteiger partial charge in [-0.15, -0.1) is 17.5 Å². The third-order valence-corrected chi connectivity index (χ3v) is 4.06. The molecule has 0 aromatic carbocycles. The molecule has 2 aromatic rings. The lowest BCUT2D eigenvalue weighted by Gasteiger charge is -2.14. The van der Waals surface area contributed by atoms with E-state index in [2.05, 4.69) is 25.7 Å². The summed E-state index contributed by atoms with van der Waals surface area (Å²) >= 11 is 0. The van der Waals surface area contributed by atoms with Crippen molar-refractivity contribution in [1.29, 1.82) is 0 Å². The van der Waals surface area contributed by atoms with Crippen molar-refractivity contribution in [2.45, 2.75) is 52.8 Å². The van der Waals surface area contributed by atoms with E-state index in [1.165, 1.54) is 0 Å². The summed E-state index contributed by atoms with van der Waals surface area (Å²) in [5.74, 6) is -1.44. The average Bonchev–Trinajstić information content (AvgIpc) is 2.97. The third-order valence-electron chi connectivity index (χ3n) is 4.06. The number of halogens is 4. The highest BCUT2D eigenvalue weighted by Crippen LogP contribution is 2.27. The molecule has 0 saturated heterocycles. The number of nitrogens with zero attached hydrogens (tertiary/aromatic N) is 4. The van der Waals surface area contributed by atoms with Gasteiger partial charge in [-0.1, -0.05) is 6.92 Å². The standard InChI is InChI=1S/C16H23F3N6O.ClH/c1-5-20-9(2)8-21-13(26)7-6-12-10(3)22-15-23-14(16(17,18)19)24-25(15)11(12)4;/h9,20H,5-8H2,1-4H3,(H,21,26);1H/t9-;/m1./s1. The number of aryl methyl sites for hydroxylation is 2. The number of hydrogen-bond acceptors (Lipinski definition) is 5. The largest absolute Gasteiger partial charge is 0.453 e. The van der Waals surface area contributed by atoms with Gasteiger partial charge in [0.15, 0.2) is 0 Å². The highest BCUT2D eigenvalue weighted by molar-refractivity contribution is 5.85. The Bertz CT molecular complexity index is 793. The number of likely N-dealkylation sites (N-methyl/N-ethyl adjacent to an activating group) is 1. The van der Waals surface area contributed by atoms with Gasteiger partial charge in [-0.05, 0) is 39.3 Å². The van der Waals surface area contributed by atoms with Gasteiger partial charge < -0.3 is 10.6 Å². The molecule has 0 aliphatic rings. The van der Waals surface area contributed by atoms with Gasteiger partial charge in [0.1, 0.15) is 0 Å². The molecule has 11 heteroatoms. The Morgan fingerprint density at radius 2 is 1.93 bits per heavy atom. The molecule has 2 aromatic heterocycles. The highest BCUT2D eigenvalue weighted by atomic mass is 35.5. The summed E-state index contributed by atoms with van der Waals surface area (Å²) < 4.78 is 39.5. The first-order chi connectivity index (χ1) is 12.1. The lowest BCUT2D eigenvalue weighted by Crippen LogP contribution is -2.38. The Kier molecular flexibility index (Phi) is 7.97. The number of amides is 1. The van der Waals surface area contributed by atoms with Crippen molar-refractivity contribution in [3.05, 3.63) is 22.8 Å². The minimum Gasteiger partial charge on any atom is -0.355 e. The molecule has 0 radical (unpaired) electrons. The van der Waals surface area contributed by atoms with Gasteiger partial charge in [0.05, 0.1) is 0 Å². The van der Waals surface area contributed by atoms with Crippen molar-refractivity contribution in [2.75, 3.05) is 13.1 Å². The minimum absolute atomic E-state index is 0. The zero-order chi connectivity index (χ0) is 19.5. The van der Waals surface area contributed by atoms with Crippen molar-refractivity contribution < 1.29 is 18.0 Å². The van der Waals surface area contributed by atoms with Gasteiger partial charge in [-0.3, -0.25) is 4.79 Å². The number of rotatable bonds is 7. The zero-order valence-corrected chi connectivity index (χ0v) is 16.5. The smallest absolute Gasteiger partial charge is 0.355 e. The molecule has 1 atom stereocenters. The molecule has 0 fully saturated rings. The predicted octanol–water partition coefficient (Wildman–Crippen LogP) is 2.23. The van der Waals surface area contributed by atoms with E-state index >= 15 is 0 Å². The second-order valence-electron chi connectivity index (χ2n) is 6.17. The van der Waals surface area contributed by atoms with E-state index in [1.807, 2.05) is 13.8 Å². The van der Waals surface area contributed by atoms with Crippen LogP contribution in [0.25, 0.3) is 5.78 Å². The van der Waals surface area contributed by atoms with E-state index in [1.54, 1.807) is 13.8 Å². The molecule has 7 nitrogen and oxygen atoms in total. The van der Waals surface area contributed by atoms with Crippen LogP contribution in [-0.4, -0.2) is 44.6 Å².